The number of aliphatic hydroxyl groups excluding tert-OH is 4. The van der Waals surface area contributed by atoms with Gasteiger partial charge in [-0.2, -0.15) is 8.42 Å². The molecule has 0 spiro atoms. The summed E-state index contributed by atoms with van der Waals surface area (Å²) in [5, 5.41) is 52.2. The molecule has 0 saturated carbocycles. The third kappa shape index (κ3) is 31.3. The molecule has 0 bridgehead atoms. The quantitative estimate of drug-likeness (QED) is 0.00900. The lowest BCUT2D eigenvalue weighted by Gasteiger charge is -2.39. The van der Waals surface area contributed by atoms with Gasteiger partial charge in [-0.05, 0) is 140 Å². The van der Waals surface area contributed by atoms with Crippen LogP contribution in [-0.2, 0) is 130 Å². The van der Waals surface area contributed by atoms with Crippen molar-refractivity contribution in [2.24, 2.45) is 15.9 Å². The lowest BCUT2D eigenvalue weighted by atomic mass is 9.94. The SMILES string of the molecule is CCOCCOCCOCCCC(=O)c1ccc(OC2O[C@H](CO)[C@H](O)[C@H](O)[C@H]2O)c(OS(=O)(=O)Oc2cc(COc3cc4c(cc3OC)C(=O)N3Cc5ccccc5C[C@H]3C=N4)cc(COc3cc4c(cc3OC)C(=O)N3Cc5ccccc5C[C@H]3C=N4)c2)c1.CCn1cc(COCCOCCOCCOCCOCNC(=O)[C@@H](CC(=O)c2cccc(C(=O)CCS(=O)(=O)c3ccc(C)cc3)c2)CS(=O)(=O)O)nn1. The topological polar surface area (TPSA) is 528 Å². The second-order valence-corrected chi connectivity index (χ2v) is 38.9. The summed E-state index contributed by atoms with van der Waals surface area (Å²) >= 11 is 0. The van der Waals surface area contributed by atoms with E-state index in [0.29, 0.717) is 126 Å². The second-order valence-electron chi connectivity index (χ2n) is 34.1. The number of rotatable bonds is 55. The molecule has 1 aromatic heterocycles. The van der Waals surface area contributed by atoms with Gasteiger partial charge in [-0.15, -0.1) is 13.5 Å². The van der Waals surface area contributed by atoms with Gasteiger partial charge >= 0.3 is 10.4 Å². The molecule has 0 aliphatic carbocycles. The van der Waals surface area contributed by atoms with E-state index >= 15 is 0 Å². The molecule has 8 atom stereocenters. The van der Waals surface area contributed by atoms with Crippen molar-refractivity contribution in [3.63, 3.8) is 0 Å². The minimum Gasteiger partial charge on any atom is -0.493 e. The summed E-state index contributed by atoms with van der Waals surface area (Å²) in [6.45, 7) is 10.7. The van der Waals surface area contributed by atoms with Crippen molar-refractivity contribution in [3.8, 4) is 40.2 Å². The number of benzene rings is 8. The first-order valence-corrected chi connectivity index (χ1v) is 51.6. The van der Waals surface area contributed by atoms with Crippen molar-refractivity contribution in [3.05, 3.63) is 236 Å². The van der Waals surface area contributed by atoms with Crippen molar-refractivity contribution in [1.29, 1.82) is 0 Å². The Bertz CT molecular complexity index is 6220. The highest BCUT2D eigenvalue weighted by molar-refractivity contribution is 7.91. The van der Waals surface area contributed by atoms with Crippen LogP contribution in [0.15, 0.2) is 179 Å². The van der Waals surface area contributed by atoms with E-state index < -0.39 is 126 Å². The highest BCUT2D eigenvalue weighted by Crippen LogP contribution is 2.43. The first kappa shape index (κ1) is 110. The molecule has 6 heterocycles. The molecule has 6 N–H and O–H groups in total. The number of hydrogen-bond acceptors (Lipinski definition) is 36. The Morgan fingerprint density at radius 2 is 1.05 bits per heavy atom. The number of nitrogens with zero attached hydrogens (tertiary/aromatic N) is 7. The van der Waals surface area contributed by atoms with Gasteiger partial charge in [-0.25, -0.2) is 8.42 Å². The predicted octanol–water partition coefficient (Wildman–Crippen LogP) is 8.43. The number of hydrogen-bond donors (Lipinski definition) is 6. The average molecular weight is 2070 g/mol. The van der Waals surface area contributed by atoms with Crippen LogP contribution in [0.5, 0.6) is 40.2 Å². The molecule has 41 nitrogen and oxygen atoms in total. The molecule has 1 fully saturated rings. The van der Waals surface area contributed by atoms with Gasteiger partial charge in [0.05, 0.1) is 170 Å². The lowest BCUT2D eigenvalue weighted by Crippen LogP contribution is -2.60. The van der Waals surface area contributed by atoms with Gasteiger partial charge in [-0.1, -0.05) is 89.6 Å². The maximum atomic E-state index is 14.4. The third-order valence-electron chi connectivity index (χ3n) is 23.8. The van der Waals surface area contributed by atoms with Crippen molar-refractivity contribution < 1.29 is 154 Å². The summed E-state index contributed by atoms with van der Waals surface area (Å²) in [7, 11) is -10.8. The van der Waals surface area contributed by atoms with Gasteiger partial charge in [0, 0.05) is 93.4 Å². The molecule has 44 heteroatoms. The van der Waals surface area contributed by atoms with E-state index in [1.807, 2.05) is 75.5 Å². The second kappa shape index (κ2) is 53.1. The van der Waals surface area contributed by atoms with Gasteiger partial charge in [0.15, 0.2) is 61.7 Å². The highest BCUT2D eigenvalue weighted by Gasteiger charge is 2.46. The number of aromatic nitrogens is 3. The molecule has 1 unspecified atom stereocenters. The van der Waals surface area contributed by atoms with Crippen molar-refractivity contribution in [2.75, 3.05) is 132 Å². The summed E-state index contributed by atoms with van der Waals surface area (Å²) in [6, 6.07) is 41.4. The minimum absolute atomic E-state index is 0.0100. The number of sulfone groups is 1. The summed E-state index contributed by atoms with van der Waals surface area (Å²) in [5.41, 5.74) is 8.02. The van der Waals surface area contributed by atoms with Crippen molar-refractivity contribution in [1.82, 2.24) is 30.1 Å². The Balaban J connectivity index is 0.000000279. The van der Waals surface area contributed by atoms with Gasteiger partial charge in [0.1, 0.15) is 55.8 Å². The fourth-order valence-electron chi connectivity index (χ4n) is 16.1. The number of ether oxygens (including phenoxy) is 14. The number of Topliss-reactive ketones (excluding diaryl/α,β-unsaturated/α-hetero) is 3. The maximum Gasteiger partial charge on any atom is 0.501 e. The number of amides is 3. The van der Waals surface area contributed by atoms with Crippen LogP contribution in [0.25, 0.3) is 0 Å². The van der Waals surface area contributed by atoms with Crippen LogP contribution in [0.1, 0.15) is 136 Å². The number of carbonyl (C=O) groups excluding carboxylic acids is 6. The van der Waals surface area contributed by atoms with Gasteiger partial charge in [0.2, 0.25) is 12.2 Å². The summed E-state index contributed by atoms with van der Waals surface area (Å²) in [5.74, 6) is -6.37. The first-order valence-electron chi connectivity index (χ1n) is 47.0. The molecule has 0 radical (unpaired) electrons. The zero-order chi connectivity index (χ0) is 103. The summed E-state index contributed by atoms with van der Waals surface area (Å²) in [4.78, 5) is 93.9. The van der Waals surface area contributed by atoms with Crippen LogP contribution >= 0.6 is 0 Å². The molecular weight excluding hydrogens is 1950 g/mol. The van der Waals surface area contributed by atoms with Crippen LogP contribution < -0.4 is 37.4 Å². The zero-order valence-electron chi connectivity index (χ0n) is 80.6. The molecule has 5 aliphatic rings. The Kier molecular flexibility index (Phi) is 40.2. The average Bonchev–Trinajstić information content (AvgIpc) is 1.70. The number of nitrogens with one attached hydrogen (secondary N) is 1. The largest absolute Gasteiger partial charge is 0.501 e. The highest BCUT2D eigenvalue weighted by atomic mass is 32.3. The summed E-state index contributed by atoms with van der Waals surface area (Å²) in [6.07, 6.45) is -2.89. The van der Waals surface area contributed by atoms with Crippen LogP contribution in [-0.4, -0.2) is 297 Å². The van der Waals surface area contributed by atoms with E-state index in [9.17, 15) is 79.0 Å². The monoisotopic (exact) mass is 2070 g/mol. The van der Waals surface area contributed by atoms with E-state index in [4.69, 9.17) is 84.7 Å². The lowest BCUT2D eigenvalue weighted by molar-refractivity contribution is -0.277. The Hall–Kier alpha value is -12.5. The fraction of sp³-hybridized carbons (Fsp3) is 0.426. The van der Waals surface area contributed by atoms with Crippen molar-refractivity contribution in [2.45, 2.75) is 146 Å². The predicted molar refractivity (Wildman–Crippen MR) is 522 cm³/mol. The minimum atomic E-state index is -5.25. The smallest absolute Gasteiger partial charge is 0.493 e. The maximum absolute atomic E-state index is 14.4. The number of aliphatic hydroxyl groups is 4. The third-order valence-corrected chi connectivity index (χ3v) is 27.1. The van der Waals surface area contributed by atoms with E-state index in [-0.39, 0.29) is 146 Å². The molecule has 14 rings (SSSR count). The standard InChI is InChI=1S/C66H70N4O20S.C35H48N4O13S2/c1-4-82-18-19-84-21-20-83-17-9-14-53(72)43-15-16-54(87-66-63(75)62(74)61(73)60(36-71)88-66)59(27-43)90-91(78,79)89-48-23-39(37-85-57-30-51-49(28-55(57)80-2)64(76)69-34-44-12-7-5-10-41(44)25-46(69)32-67-51)22-40(24-48)38-86-58-31-52-50(29-56(58)81-3)65(77)70-35-45-13-8-6-11-42(45)26-47(70)33-68-52;1-3-39-23-31(37-38-39)24-51-18-16-49-14-12-48-13-15-50-17-19-52-26-36-35(42)30(25-54(45,46)47)22-34(41)29-6-4-5-28(21-29)33(40)11-20-53(43,44)32-9-7-27(2)8-10-32/h5-8,10-13,15-16,22-24,27-33,46-47,60-63,66,71,73-75H,4,9,14,17-21,25-26,34-38H2,1-3H3;4-10,21,23,30H,3,11-20,22,24-26H2,1-2H3,(H,36,42)(H,45,46,47)/t46-,47-,60+,61-,62-,63+,66?;30-/m00/s1. The van der Waals surface area contributed by atoms with Gasteiger partial charge in [-0.3, -0.25) is 48.0 Å². The van der Waals surface area contributed by atoms with E-state index in [1.54, 1.807) is 69.4 Å². The molecule has 9 aromatic rings. The van der Waals surface area contributed by atoms with Crippen LogP contribution in [0.2, 0.25) is 0 Å². The number of aliphatic imine (C=N–C) groups is 2. The number of aryl methyl sites for hydroxylation is 2. The molecule has 3 amide bonds. The Morgan fingerprint density at radius 3 is 1.59 bits per heavy atom. The van der Waals surface area contributed by atoms with Crippen LogP contribution in [0.3, 0.4) is 0 Å². The van der Waals surface area contributed by atoms with E-state index in [0.717, 1.165) is 46.1 Å². The fourth-order valence-corrected chi connectivity index (χ4v) is 18.9. The van der Waals surface area contributed by atoms with E-state index in [2.05, 4.69) is 15.6 Å². The molecule has 778 valence electrons. The van der Waals surface area contributed by atoms with Gasteiger partial charge < -0.3 is 110 Å². The van der Waals surface area contributed by atoms with Gasteiger partial charge in [0.25, 0.3) is 21.9 Å². The molecule has 5 aliphatic heterocycles. The molecule has 8 aromatic carbocycles. The van der Waals surface area contributed by atoms with E-state index in [1.165, 1.54) is 74.9 Å². The molecule has 145 heavy (non-hydrogen) atoms. The van der Waals surface area contributed by atoms with Crippen molar-refractivity contribution >= 4 is 89.2 Å². The van der Waals surface area contributed by atoms with Crippen LogP contribution in [0, 0.1) is 12.8 Å². The normalized spacial score (nSPS) is 17.5. The number of ketones is 3. The first-order chi connectivity index (χ1) is 69.9. The molecule has 1 saturated heterocycles. The Morgan fingerprint density at radius 1 is 0.524 bits per heavy atom. The number of carbonyl (C=O) groups is 6. The Labute approximate surface area is 838 Å². The number of fused-ring (bicyclic) bond motifs is 6. The van der Waals surface area contributed by atoms with Crippen LogP contribution in [0.4, 0.5) is 11.4 Å². The summed E-state index contributed by atoms with van der Waals surface area (Å²) < 4.78 is 179. The zero-order valence-corrected chi connectivity index (χ0v) is 83.0. The number of methoxy groups -OCH3 is 2. The molecular formula is C101H118N8O33S3.